The molecule has 0 aliphatic carbocycles. The van der Waals surface area contributed by atoms with Crippen molar-refractivity contribution in [3.63, 3.8) is 0 Å². The second kappa shape index (κ2) is 5.47. The van der Waals surface area contributed by atoms with E-state index in [9.17, 15) is 4.79 Å². The number of carbonyl (C=O) groups excluding carboxylic acids is 1. The summed E-state index contributed by atoms with van der Waals surface area (Å²) in [6.07, 6.45) is 0.0850. The molecular weight excluding hydrogens is 266 g/mol. The van der Waals surface area contributed by atoms with E-state index in [1.165, 1.54) is 0 Å². The smallest absolute Gasteiger partial charge is 0.247 e. The summed E-state index contributed by atoms with van der Waals surface area (Å²) in [5, 5.41) is 0. The van der Waals surface area contributed by atoms with Crippen molar-refractivity contribution in [1.29, 1.82) is 0 Å². The van der Waals surface area contributed by atoms with Crippen molar-refractivity contribution in [2.75, 3.05) is 30.8 Å². The summed E-state index contributed by atoms with van der Waals surface area (Å²) in [5.74, 6) is 0.852. The lowest BCUT2D eigenvalue weighted by atomic mass is 9.96. The van der Waals surface area contributed by atoms with Gasteiger partial charge in [-0.25, -0.2) is 0 Å². The summed E-state index contributed by atoms with van der Waals surface area (Å²) >= 11 is 0. The number of ether oxygens (including phenoxy) is 1. The molecule has 1 amide bonds. The van der Waals surface area contributed by atoms with Crippen LogP contribution in [0, 0.1) is 0 Å². The molecule has 1 aromatic carbocycles. The van der Waals surface area contributed by atoms with E-state index < -0.39 is 5.54 Å². The predicted molar refractivity (Wildman–Crippen MR) is 85.7 cm³/mol. The second-order valence-corrected chi connectivity index (χ2v) is 6.36. The van der Waals surface area contributed by atoms with Crippen LogP contribution in [0.4, 0.5) is 11.4 Å². The number of benzene rings is 1. The van der Waals surface area contributed by atoms with E-state index in [0.717, 1.165) is 18.0 Å². The fourth-order valence-electron chi connectivity index (χ4n) is 2.77. The number of carbonyl (C=O) groups is 1. The molecule has 0 radical (unpaired) electrons. The number of nitrogens with two attached hydrogens (primary N) is 1. The molecule has 0 spiro atoms. The van der Waals surface area contributed by atoms with Gasteiger partial charge in [0.2, 0.25) is 5.91 Å². The maximum Gasteiger partial charge on any atom is 0.247 e. The predicted octanol–water partition coefficient (Wildman–Crippen LogP) is 2.11. The molecule has 0 bridgehead atoms. The molecule has 5 heteroatoms. The summed E-state index contributed by atoms with van der Waals surface area (Å²) in [6.45, 7) is 9.32. The van der Waals surface area contributed by atoms with E-state index in [1.807, 2.05) is 52.9 Å². The topological polar surface area (TPSA) is 58.8 Å². The first kappa shape index (κ1) is 15.5. The van der Waals surface area contributed by atoms with Gasteiger partial charge in [0, 0.05) is 43.6 Å². The molecule has 1 aliphatic heterocycles. The number of amides is 1. The van der Waals surface area contributed by atoms with Gasteiger partial charge in [-0.2, -0.15) is 0 Å². The Balaban J connectivity index is 2.37. The van der Waals surface area contributed by atoms with Gasteiger partial charge in [-0.1, -0.05) is 0 Å². The molecule has 0 saturated carbocycles. The first-order valence-electron chi connectivity index (χ1n) is 7.32. The summed E-state index contributed by atoms with van der Waals surface area (Å²) < 4.78 is 5.74. The molecule has 5 nitrogen and oxygen atoms in total. The zero-order chi connectivity index (χ0) is 15.8. The normalized spacial score (nSPS) is 18.3. The third-order valence-electron chi connectivity index (χ3n) is 3.80. The summed E-state index contributed by atoms with van der Waals surface area (Å²) in [4.78, 5) is 16.3. The molecular formula is C16H25N3O2. The highest BCUT2D eigenvalue weighted by Crippen LogP contribution is 2.33. The van der Waals surface area contributed by atoms with Gasteiger partial charge < -0.3 is 20.3 Å². The second-order valence-electron chi connectivity index (χ2n) is 6.36. The zero-order valence-electron chi connectivity index (χ0n) is 13.5. The number of nitrogens with zero attached hydrogens (tertiary/aromatic N) is 2. The van der Waals surface area contributed by atoms with E-state index in [0.29, 0.717) is 12.2 Å². The molecule has 1 saturated heterocycles. The van der Waals surface area contributed by atoms with Crippen LogP contribution < -0.4 is 15.4 Å². The van der Waals surface area contributed by atoms with E-state index >= 15 is 0 Å². The Morgan fingerprint density at radius 3 is 2.52 bits per heavy atom. The number of rotatable bonds is 3. The maximum absolute atomic E-state index is 12.4. The van der Waals surface area contributed by atoms with Gasteiger partial charge in [-0.15, -0.1) is 0 Å². The van der Waals surface area contributed by atoms with Gasteiger partial charge in [0.15, 0.2) is 0 Å². The van der Waals surface area contributed by atoms with Gasteiger partial charge >= 0.3 is 0 Å². The van der Waals surface area contributed by atoms with E-state index in [4.69, 9.17) is 10.5 Å². The van der Waals surface area contributed by atoms with Crippen molar-refractivity contribution in [3.05, 3.63) is 18.2 Å². The van der Waals surface area contributed by atoms with Gasteiger partial charge in [0.05, 0.1) is 6.10 Å². The van der Waals surface area contributed by atoms with Gasteiger partial charge in [0.25, 0.3) is 0 Å². The fourth-order valence-corrected chi connectivity index (χ4v) is 2.77. The highest BCUT2D eigenvalue weighted by Gasteiger charge is 2.40. The summed E-state index contributed by atoms with van der Waals surface area (Å²) in [6, 6.07) is 5.67. The van der Waals surface area contributed by atoms with Crippen LogP contribution in [0.2, 0.25) is 0 Å². The lowest BCUT2D eigenvalue weighted by Crippen LogP contribution is -2.62. The third-order valence-corrected chi connectivity index (χ3v) is 3.80. The van der Waals surface area contributed by atoms with Crippen LogP contribution >= 0.6 is 0 Å². The van der Waals surface area contributed by atoms with Crippen LogP contribution in [0.25, 0.3) is 0 Å². The SMILES string of the molecule is CC(C)Oc1cc(N)cc(N2CCN(C)C(=O)C2(C)C)c1. The van der Waals surface area contributed by atoms with E-state index in [1.54, 1.807) is 4.90 Å². The van der Waals surface area contributed by atoms with Crippen LogP contribution in [0.15, 0.2) is 18.2 Å². The van der Waals surface area contributed by atoms with Crippen molar-refractivity contribution >= 4 is 17.3 Å². The number of piperazine rings is 1. The quantitative estimate of drug-likeness (QED) is 0.867. The van der Waals surface area contributed by atoms with E-state index in [-0.39, 0.29) is 12.0 Å². The molecule has 116 valence electrons. The molecule has 0 atom stereocenters. The minimum Gasteiger partial charge on any atom is -0.491 e. The Labute approximate surface area is 126 Å². The highest BCUT2D eigenvalue weighted by molar-refractivity contribution is 5.90. The first-order chi connectivity index (χ1) is 9.71. The molecule has 1 aliphatic rings. The van der Waals surface area contributed by atoms with Crippen molar-refractivity contribution in [1.82, 2.24) is 4.90 Å². The lowest BCUT2D eigenvalue weighted by Gasteiger charge is -2.46. The van der Waals surface area contributed by atoms with Crippen molar-refractivity contribution < 1.29 is 9.53 Å². The zero-order valence-corrected chi connectivity index (χ0v) is 13.5. The first-order valence-corrected chi connectivity index (χ1v) is 7.32. The maximum atomic E-state index is 12.4. The summed E-state index contributed by atoms with van der Waals surface area (Å²) in [5.41, 5.74) is 6.97. The Morgan fingerprint density at radius 2 is 1.90 bits per heavy atom. The average Bonchev–Trinajstić information content (AvgIpc) is 2.34. The highest BCUT2D eigenvalue weighted by atomic mass is 16.5. The molecule has 0 aromatic heterocycles. The molecule has 0 unspecified atom stereocenters. The molecule has 21 heavy (non-hydrogen) atoms. The van der Waals surface area contributed by atoms with Gasteiger partial charge in [-0.3, -0.25) is 4.79 Å². The minimum atomic E-state index is -0.587. The number of hydrogen-bond acceptors (Lipinski definition) is 4. The van der Waals surface area contributed by atoms with Crippen LogP contribution in [0.1, 0.15) is 27.7 Å². The number of hydrogen-bond donors (Lipinski definition) is 1. The van der Waals surface area contributed by atoms with Crippen LogP contribution in [-0.2, 0) is 4.79 Å². The Bertz CT molecular complexity index is 540. The van der Waals surface area contributed by atoms with Crippen LogP contribution in [0.5, 0.6) is 5.75 Å². The fraction of sp³-hybridized carbons (Fsp3) is 0.562. The molecule has 1 fully saturated rings. The van der Waals surface area contributed by atoms with Crippen LogP contribution in [0.3, 0.4) is 0 Å². The molecule has 1 heterocycles. The monoisotopic (exact) mass is 291 g/mol. The molecule has 2 rings (SSSR count). The number of nitrogen functional groups attached to an aromatic ring is 1. The van der Waals surface area contributed by atoms with Gasteiger partial charge in [0.1, 0.15) is 11.3 Å². The molecule has 1 aromatic rings. The average molecular weight is 291 g/mol. The largest absolute Gasteiger partial charge is 0.491 e. The number of anilines is 2. The standard InChI is InChI=1S/C16H25N3O2/c1-11(2)21-14-9-12(17)8-13(10-14)19-7-6-18(5)15(20)16(19,3)4/h8-11H,6-7,17H2,1-5H3. The van der Waals surface area contributed by atoms with E-state index in [2.05, 4.69) is 4.90 Å². The van der Waals surface area contributed by atoms with Gasteiger partial charge in [-0.05, 0) is 33.8 Å². The Hall–Kier alpha value is -1.91. The molecule has 2 N–H and O–H groups in total. The Kier molecular flexibility index (Phi) is 4.03. The summed E-state index contributed by atoms with van der Waals surface area (Å²) in [7, 11) is 1.84. The lowest BCUT2D eigenvalue weighted by molar-refractivity contribution is -0.136. The third kappa shape index (κ3) is 3.06. The van der Waals surface area contributed by atoms with Crippen molar-refractivity contribution in [2.45, 2.75) is 39.3 Å². The van der Waals surface area contributed by atoms with Crippen molar-refractivity contribution in [2.24, 2.45) is 0 Å². The Morgan fingerprint density at radius 1 is 1.24 bits per heavy atom. The minimum absolute atomic E-state index is 0.0850. The van der Waals surface area contributed by atoms with Crippen LogP contribution in [-0.4, -0.2) is 42.6 Å². The van der Waals surface area contributed by atoms with Crippen molar-refractivity contribution in [3.8, 4) is 5.75 Å². The number of likely N-dealkylation sites (N-methyl/N-ethyl adjacent to an activating group) is 1.